The molecular formula is C13H7ClF3N3. The van der Waals surface area contributed by atoms with Crippen LogP contribution < -0.4 is 0 Å². The van der Waals surface area contributed by atoms with Crippen LogP contribution in [-0.4, -0.2) is 15.0 Å². The summed E-state index contributed by atoms with van der Waals surface area (Å²) >= 11 is 5.95. The van der Waals surface area contributed by atoms with Crippen molar-refractivity contribution < 1.29 is 13.2 Å². The molecule has 3 aromatic rings. The summed E-state index contributed by atoms with van der Waals surface area (Å²) in [4.78, 5) is 10.8. The van der Waals surface area contributed by atoms with Crippen molar-refractivity contribution in [3.8, 4) is 11.4 Å². The number of nitrogens with one attached hydrogen (secondary N) is 1. The summed E-state index contributed by atoms with van der Waals surface area (Å²) in [5.74, 6) is 0.0912. The summed E-state index contributed by atoms with van der Waals surface area (Å²) in [5.41, 5.74) is -0.0881. The molecule has 0 atom stereocenters. The molecule has 0 bridgehead atoms. The first-order valence-electron chi connectivity index (χ1n) is 5.63. The van der Waals surface area contributed by atoms with Gasteiger partial charge < -0.3 is 4.98 Å². The minimum atomic E-state index is -4.45. The summed E-state index contributed by atoms with van der Waals surface area (Å²) < 4.78 is 39.0. The molecule has 3 nitrogen and oxygen atoms in total. The van der Waals surface area contributed by atoms with Crippen molar-refractivity contribution in [3.05, 3.63) is 47.1 Å². The van der Waals surface area contributed by atoms with Crippen molar-refractivity contribution in [1.29, 1.82) is 0 Å². The minimum absolute atomic E-state index is 0.0333. The molecule has 0 saturated heterocycles. The third-order valence-electron chi connectivity index (χ3n) is 2.83. The van der Waals surface area contributed by atoms with Crippen LogP contribution in [0.5, 0.6) is 0 Å². The van der Waals surface area contributed by atoms with Crippen molar-refractivity contribution in [3.63, 3.8) is 0 Å². The van der Waals surface area contributed by atoms with Gasteiger partial charge in [-0.1, -0.05) is 29.8 Å². The highest BCUT2D eigenvalue weighted by molar-refractivity contribution is 6.34. The molecule has 1 aromatic carbocycles. The van der Waals surface area contributed by atoms with Crippen LogP contribution in [0, 0.1) is 0 Å². The molecule has 0 saturated carbocycles. The van der Waals surface area contributed by atoms with Crippen LogP contribution in [0.25, 0.3) is 22.6 Å². The first-order valence-corrected chi connectivity index (χ1v) is 6.01. The van der Waals surface area contributed by atoms with E-state index < -0.39 is 11.7 Å². The zero-order chi connectivity index (χ0) is 14.3. The maximum absolute atomic E-state index is 13.0. The second-order valence-electron chi connectivity index (χ2n) is 4.12. The van der Waals surface area contributed by atoms with Crippen molar-refractivity contribution >= 4 is 22.8 Å². The monoisotopic (exact) mass is 297 g/mol. The molecule has 0 aliphatic rings. The fourth-order valence-corrected chi connectivity index (χ4v) is 2.13. The maximum atomic E-state index is 13.0. The van der Waals surface area contributed by atoms with E-state index in [1.54, 1.807) is 6.07 Å². The molecule has 7 heteroatoms. The van der Waals surface area contributed by atoms with E-state index in [2.05, 4.69) is 15.0 Å². The number of fused-ring (bicyclic) bond motifs is 1. The predicted octanol–water partition coefficient (Wildman–Crippen LogP) is 4.30. The standard InChI is InChI=1S/C13H7ClF3N3/c14-9-5-6-18-12-10(9)19-11(20-12)7-3-1-2-4-8(7)13(15,16)17/h1-6H,(H,18,19,20). The van der Waals surface area contributed by atoms with E-state index in [0.717, 1.165) is 6.07 Å². The minimum Gasteiger partial charge on any atom is -0.335 e. The predicted molar refractivity (Wildman–Crippen MR) is 69.3 cm³/mol. The summed E-state index contributed by atoms with van der Waals surface area (Å²) in [7, 11) is 0. The number of aromatic amines is 1. The molecule has 0 unspecified atom stereocenters. The number of benzene rings is 1. The third-order valence-corrected chi connectivity index (χ3v) is 3.14. The Labute approximate surface area is 116 Å². The fourth-order valence-electron chi connectivity index (χ4n) is 1.94. The Morgan fingerprint density at radius 2 is 1.85 bits per heavy atom. The fraction of sp³-hybridized carbons (Fsp3) is 0.0769. The molecule has 3 rings (SSSR count). The van der Waals surface area contributed by atoms with Gasteiger partial charge in [-0.25, -0.2) is 9.97 Å². The van der Waals surface area contributed by atoms with Crippen LogP contribution in [-0.2, 0) is 6.18 Å². The lowest BCUT2D eigenvalue weighted by atomic mass is 10.1. The van der Waals surface area contributed by atoms with Crippen molar-refractivity contribution in [2.75, 3.05) is 0 Å². The Morgan fingerprint density at radius 3 is 2.55 bits per heavy atom. The Hall–Kier alpha value is -2.08. The second-order valence-corrected chi connectivity index (χ2v) is 4.53. The molecule has 0 aliphatic heterocycles. The molecule has 0 radical (unpaired) electrons. The van der Waals surface area contributed by atoms with Gasteiger partial charge in [0.05, 0.1) is 10.6 Å². The maximum Gasteiger partial charge on any atom is 0.417 e. The molecule has 2 heterocycles. The summed E-state index contributed by atoms with van der Waals surface area (Å²) in [5, 5.41) is 0.359. The number of pyridine rings is 1. The molecule has 20 heavy (non-hydrogen) atoms. The lowest BCUT2D eigenvalue weighted by Gasteiger charge is -2.10. The number of hydrogen-bond acceptors (Lipinski definition) is 2. The van der Waals surface area contributed by atoms with Gasteiger partial charge >= 0.3 is 6.18 Å². The van der Waals surface area contributed by atoms with Gasteiger partial charge in [-0.05, 0) is 12.1 Å². The average molecular weight is 298 g/mol. The van der Waals surface area contributed by atoms with E-state index >= 15 is 0 Å². The van der Waals surface area contributed by atoms with E-state index in [9.17, 15) is 13.2 Å². The summed E-state index contributed by atoms with van der Waals surface area (Å²) in [6, 6.07) is 6.76. The largest absolute Gasteiger partial charge is 0.417 e. The number of hydrogen-bond donors (Lipinski definition) is 1. The first-order chi connectivity index (χ1) is 9.47. The van der Waals surface area contributed by atoms with Crippen LogP contribution in [0.2, 0.25) is 5.02 Å². The molecule has 0 spiro atoms. The van der Waals surface area contributed by atoms with Crippen LogP contribution in [0.4, 0.5) is 13.2 Å². The van der Waals surface area contributed by atoms with Crippen LogP contribution in [0.3, 0.4) is 0 Å². The van der Waals surface area contributed by atoms with E-state index in [-0.39, 0.29) is 17.0 Å². The number of rotatable bonds is 1. The highest BCUT2D eigenvalue weighted by atomic mass is 35.5. The smallest absolute Gasteiger partial charge is 0.335 e. The van der Waals surface area contributed by atoms with E-state index in [1.165, 1.54) is 24.4 Å². The van der Waals surface area contributed by atoms with Gasteiger partial charge in [-0.2, -0.15) is 13.2 Å². The molecule has 1 N–H and O–H groups in total. The Morgan fingerprint density at radius 1 is 1.10 bits per heavy atom. The number of aromatic nitrogens is 3. The molecular weight excluding hydrogens is 291 g/mol. The lowest BCUT2D eigenvalue weighted by Crippen LogP contribution is -2.07. The van der Waals surface area contributed by atoms with Crippen molar-refractivity contribution in [1.82, 2.24) is 15.0 Å². The van der Waals surface area contributed by atoms with E-state index in [1.807, 2.05) is 0 Å². The van der Waals surface area contributed by atoms with Crippen LogP contribution in [0.15, 0.2) is 36.5 Å². The number of imidazole rings is 1. The lowest BCUT2D eigenvalue weighted by molar-refractivity contribution is -0.137. The zero-order valence-corrected chi connectivity index (χ0v) is 10.6. The number of nitrogens with zero attached hydrogens (tertiary/aromatic N) is 2. The van der Waals surface area contributed by atoms with Gasteiger partial charge in [0, 0.05) is 11.8 Å². The van der Waals surface area contributed by atoms with Crippen LogP contribution in [0.1, 0.15) is 5.56 Å². The van der Waals surface area contributed by atoms with Crippen LogP contribution >= 0.6 is 11.6 Å². The Balaban J connectivity index is 2.24. The quantitative estimate of drug-likeness (QED) is 0.727. The van der Waals surface area contributed by atoms with Crippen molar-refractivity contribution in [2.24, 2.45) is 0 Å². The number of H-pyrrole nitrogens is 1. The molecule has 2 aromatic heterocycles. The first kappa shape index (κ1) is 12.9. The Bertz CT molecular complexity index is 780. The highest BCUT2D eigenvalue weighted by Gasteiger charge is 2.34. The van der Waals surface area contributed by atoms with Gasteiger partial charge in [-0.3, -0.25) is 0 Å². The Kier molecular flexibility index (Phi) is 2.90. The third kappa shape index (κ3) is 2.12. The van der Waals surface area contributed by atoms with Crippen molar-refractivity contribution in [2.45, 2.75) is 6.18 Å². The van der Waals surface area contributed by atoms with E-state index in [4.69, 9.17) is 11.6 Å². The number of halogens is 4. The summed E-state index contributed by atoms with van der Waals surface area (Å²) in [6.45, 7) is 0. The molecule has 102 valence electrons. The van der Waals surface area contributed by atoms with Gasteiger partial charge in [-0.15, -0.1) is 0 Å². The molecule has 0 aliphatic carbocycles. The van der Waals surface area contributed by atoms with Gasteiger partial charge in [0.2, 0.25) is 0 Å². The summed E-state index contributed by atoms with van der Waals surface area (Å²) in [6.07, 6.45) is -3.00. The average Bonchev–Trinajstić information content (AvgIpc) is 2.83. The van der Waals surface area contributed by atoms with Gasteiger partial charge in [0.25, 0.3) is 0 Å². The molecule has 0 amide bonds. The SMILES string of the molecule is FC(F)(F)c1ccccc1-c1nc2nccc(Cl)c2[nH]1. The number of alkyl halides is 3. The van der Waals surface area contributed by atoms with E-state index in [0.29, 0.717) is 10.5 Å². The zero-order valence-electron chi connectivity index (χ0n) is 9.87. The molecule has 0 fully saturated rings. The highest BCUT2D eigenvalue weighted by Crippen LogP contribution is 2.36. The van der Waals surface area contributed by atoms with Gasteiger partial charge in [0.15, 0.2) is 5.65 Å². The normalized spacial score (nSPS) is 12.0. The second kappa shape index (κ2) is 4.49. The van der Waals surface area contributed by atoms with Gasteiger partial charge in [0.1, 0.15) is 11.3 Å². The topological polar surface area (TPSA) is 41.6 Å².